The number of halogens is 1. The number of hydrogen-bond donors (Lipinski definition) is 1. The summed E-state index contributed by atoms with van der Waals surface area (Å²) in [7, 11) is 0. The maximum Gasteiger partial charge on any atom is 0.132 e. The van der Waals surface area contributed by atoms with Gasteiger partial charge in [0.15, 0.2) is 0 Å². The Morgan fingerprint density at radius 1 is 1.16 bits per heavy atom. The van der Waals surface area contributed by atoms with Gasteiger partial charge < -0.3 is 10.1 Å². The molecule has 0 aliphatic heterocycles. The van der Waals surface area contributed by atoms with Gasteiger partial charge in [0.05, 0.1) is 0 Å². The van der Waals surface area contributed by atoms with E-state index in [4.69, 9.17) is 4.74 Å². The van der Waals surface area contributed by atoms with E-state index in [0.29, 0.717) is 0 Å². The molecule has 0 bridgehead atoms. The Balaban J connectivity index is 2.23. The highest BCUT2D eigenvalue weighted by atomic mass is 79.9. The maximum atomic E-state index is 5.88. The minimum Gasteiger partial charge on any atom is -0.457 e. The topological polar surface area (TPSA) is 34.1 Å². The maximum absolute atomic E-state index is 5.88. The van der Waals surface area contributed by atoms with E-state index in [1.165, 1.54) is 0 Å². The van der Waals surface area contributed by atoms with Crippen molar-refractivity contribution in [1.82, 2.24) is 4.98 Å². The molecule has 4 heteroatoms. The third kappa shape index (κ3) is 3.47. The van der Waals surface area contributed by atoms with Crippen LogP contribution in [0.15, 0.2) is 34.9 Å². The fraction of sp³-hybridized carbons (Fsp3) is 0.267. The molecule has 0 spiro atoms. The number of aryl methyl sites for hydroxylation is 2. The molecule has 0 unspecified atom stereocenters. The van der Waals surface area contributed by atoms with Crippen LogP contribution in [-0.2, 0) is 0 Å². The molecule has 0 aliphatic carbocycles. The zero-order valence-corrected chi connectivity index (χ0v) is 12.9. The molecule has 0 radical (unpaired) electrons. The van der Waals surface area contributed by atoms with Gasteiger partial charge in [0.1, 0.15) is 17.3 Å². The average molecular weight is 321 g/mol. The number of nitrogens with one attached hydrogen (secondary N) is 1. The van der Waals surface area contributed by atoms with Crippen LogP contribution in [0.1, 0.15) is 18.1 Å². The van der Waals surface area contributed by atoms with Crippen LogP contribution in [0.3, 0.4) is 0 Å². The number of nitrogens with zero attached hydrogens (tertiary/aromatic N) is 1. The smallest absolute Gasteiger partial charge is 0.132 e. The molecule has 0 fully saturated rings. The Morgan fingerprint density at radius 2 is 1.84 bits per heavy atom. The predicted octanol–water partition coefficient (Wildman–Crippen LogP) is 4.69. The van der Waals surface area contributed by atoms with Crippen molar-refractivity contribution in [2.75, 3.05) is 11.9 Å². The summed E-state index contributed by atoms with van der Waals surface area (Å²) in [5.74, 6) is 2.45. The first-order valence-electron chi connectivity index (χ1n) is 6.24. The summed E-state index contributed by atoms with van der Waals surface area (Å²) in [5.41, 5.74) is 2.33. The lowest BCUT2D eigenvalue weighted by Gasteiger charge is -2.10. The number of anilines is 1. The first kappa shape index (κ1) is 13.9. The van der Waals surface area contributed by atoms with Crippen LogP contribution in [0, 0.1) is 13.8 Å². The number of benzene rings is 1. The highest BCUT2D eigenvalue weighted by Gasteiger charge is 2.05. The number of ether oxygens (including phenoxy) is 1. The summed E-state index contributed by atoms with van der Waals surface area (Å²) in [6, 6.07) is 7.79. The van der Waals surface area contributed by atoms with Gasteiger partial charge in [-0.3, -0.25) is 0 Å². The monoisotopic (exact) mass is 320 g/mol. The molecular weight excluding hydrogens is 304 g/mol. The molecule has 2 rings (SSSR count). The van der Waals surface area contributed by atoms with E-state index >= 15 is 0 Å². The first-order chi connectivity index (χ1) is 9.10. The van der Waals surface area contributed by atoms with Crippen molar-refractivity contribution in [3.63, 3.8) is 0 Å². The summed E-state index contributed by atoms with van der Waals surface area (Å²) in [5, 5.41) is 3.17. The van der Waals surface area contributed by atoms with Gasteiger partial charge in [-0.2, -0.15) is 0 Å². The van der Waals surface area contributed by atoms with Gasteiger partial charge >= 0.3 is 0 Å². The van der Waals surface area contributed by atoms with Crippen LogP contribution >= 0.6 is 15.9 Å². The summed E-state index contributed by atoms with van der Waals surface area (Å²) in [4.78, 5) is 4.22. The first-order valence-corrected chi connectivity index (χ1v) is 7.04. The molecule has 0 saturated heterocycles. The Labute approximate surface area is 122 Å². The summed E-state index contributed by atoms with van der Waals surface area (Å²) >= 11 is 3.56. The summed E-state index contributed by atoms with van der Waals surface area (Å²) in [6.07, 6.45) is 1.74. The fourth-order valence-electron chi connectivity index (χ4n) is 1.85. The molecule has 0 atom stereocenters. The van der Waals surface area contributed by atoms with E-state index in [0.717, 1.165) is 39.5 Å². The lowest BCUT2D eigenvalue weighted by Crippen LogP contribution is -1.98. The fourth-order valence-corrected chi connectivity index (χ4v) is 2.08. The SMILES string of the molecule is CCNc1cc(Oc2cc(C)c(Br)c(C)c2)ccn1. The van der Waals surface area contributed by atoms with Crippen LogP contribution < -0.4 is 10.1 Å². The normalized spacial score (nSPS) is 10.3. The van der Waals surface area contributed by atoms with Gasteiger partial charge in [0, 0.05) is 23.3 Å². The van der Waals surface area contributed by atoms with Gasteiger partial charge in [-0.1, -0.05) is 15.9 Å². The molecule has 19 heavy (non-hydrogen) atoms. The quantitative estimate of drug-likeness (QED) is 0.887. The molecule has 0 saturated carbocycles. The summed E-state index contributed by atoms with van der Waals surface area (Å²) < 4.78 is 7.01. The standard InChI is InChI=1S/C15H17BrN2O/c1-4-17-14-9-12(5-6-18-14)19-13-7-10(2)15(16)11(3)8-13/h5-9H,4H2,1-3H3,(H,17,18). The third-order valence-corrected chi connectivity index (χ3v) is 3.99. The van der Waals surface area contributed by atoms with Crippen LogP contribution in [0.5, 0.6) is 11.5 Å². The minimum atomic E-state index is 0.784. The Hall–Kier alpha value is -1.55. The summed E-state index contributed by atoms with van der Waals surface area (Å²) in [6.45, 7) is 6.99. The Morgan fingerprint density at radius 3 is 2.47 bits per heavy atom. The number of aromatic nitrogens is 1. The Kier molecular flexibility index (Phi) is 4.43. The van der Waals surface area contributed by atoms with Gasteiger partial charge in [-0.25, -0.2) is 4.98 Å². The highest BCUT2D eigenvalue weighted by Crippen LogP contribution is 2.29. The molecule has 1 heterocycles. The van der Waals surface area contributed by atoms with E-state index < -0.39 is 0 Å². The Bertz CT molecular complexity index is 561. The van der Waals surface area contributed by atoms with Gasteiger partial charge in [-0.05, 0) is 50.1 Å². The second-order valence-corrected chi connectivity index (χ2v) is 5.17. The van der Waals surface area contributed by atoms with Crippen LogP contribution in [-0.4, -0.2) is 11.5 Å². The van der Waals surface area contributed by atoms with Gasteiger partial charge in [0.2, 0.25) is 0 Å². The third-order valence-electron chi connectivity index (χ3n) is 2.73. The number of rotatable bonds is 4. The van der Waals surface area contributed by atoms with Crippen LogP contribution in [0.2, 0.25) is 0 Å². The van der Waals surface area contributed by atoms with Crippen LogP contribution in [0.25, 0.3) is 0 Å². The highest BCUT2D eigenvalue weighted by molar-refractivity contribution is 9.10. The predicted molar refractivity (Wildman–Crippen MR) is 82.1 cm³/mol. The minimum absolute atomic E-state index is 0.784. The van der Waals surface area contributed by atoms with E-state index in [2.05, 4.69) is 40.1 Å². The van der Waals surface area contributed by atoms with E-state index in [1.54, 1.807) is 6.20 Å². The van der Waals surface area contributed by atoms with E-state index in [1.807, 2.05) is 31.2 Å². The zero-order valence-electron chi connectivity index (χ0n) is 11.3. The van der Waals surface area contributed by atoms with E-state index in [9.17, 15) is 0 Å². The van der Waals surface area contributed by atoms with Gasteiger partial charge in [-0.15, -0.1) is 0 Å². The largest absolute Gasteiger partial charge is 0.457 e. The molecule has 1 aromatic heterocycles. The molecule has 0 amide bonds. The van der Waals surface area contributed by atoms with Crippen LogP contribution in [0.4, 0.5) is 5.82 Å². The molecule has 2 aromatic rings. The molecule has 0 aliphatic rings. The van der Waals surface area contributed by atoms with Crippen molar-refractivity contribution in [2.24, 2.45) is 0 Å². The average Bonchev–Trinajstić information content (AvgIpc) is 2.37. The second-order valence-electron chi connectivity index (χ2n) is 4.38. The molecule has 100 valence electrons. The van der Waals surface area contributed by atoms with Crippen molar-refractivity contribution < 1.29 is 4.74 Å². The van der Waals surface area contributed by atoms with Crippen molar-refractivity contribution >= 4 is 21.7 Å². The van der Waals surface area contributed by atoms with Crippen molar-refractivity contribution in [1.29, 1.82) is 0 Å². The lowest BCUT2D eigenvalue weighted by atomic mass is 10.1. The van der Waals surface area contributed by atoms with Crippen molar-refractivity contribution in [3.8, 4) is 11.5 Å². The lowest BCUT2D eigenvalue weighted by molar-refractivity contribution is 0.481. The zero-order chi connectivity index (χ0) is 13.8. The molecule has 1 aromatic carbocycles. The number of hydrogen-bond acceptors (Lipinski definition) is 3. The molecule has 1 N–H and O–H groups in total. The molecule has 3 nitrogen and oxygen atoms in total. The second kappa shape index (κ2) is 6.06. The van der Waals surface area contributed by atoms with E-state index in [-0.39, 0.29) is 0 Å². The van der Waals surface area contributed by atoms with Crippen molar-refractivity contribution in [2.45, 2.75) is 20.8 Å². The molecular formula is C15H17BrN2O. The number of pyridine rings is 1. The van der Waals surface area contributed by atoms with Crippen molar-refractivity contribution in [3.05, 3.63) is 46.1 Å². The van der Waals surface area contributed by atoms with Gasteiger partial charge in [0.25, 0.3) is 0 Å².